The van der Waals surface area contributed by atoms with Crippen molar-refractivity contribution in [2.75, 3.05) is 17.2 Å². The summed E-state index contributed by atoms with van der Waals surface area (Å²) in [6.45, 7) is 0.228. The van der Waals surface area contributed by atoms with Crippen LogP contribution in [0.2, 0.25) is 0 Å². The standard InChI is InChI=1S/C26H21N5O3S.ClH/c27-11-10-24(33)29-17-6-3-5-16(13-17)19-14-21(18-7-1-2-8-22(18)32)30-25(20(19)15-28)31-26(34)23-9-4-12-35-23;/h1-9,12-14,32H,10-11,27H2,(H,29,33)(H,30,31,34);1H. The lowest BCUT2D eigenvalue weighted by Crippen LogP contribution is -2.16. The summed E-state index contributed by atoms with van der Waals surface area (Å²) in [6, 6.07) is 20.9. The predicted octanol–water partition coefficient (Wildman–Crippen LogP) is 5.02. The number of nitrogens with one attached hydrogen (secondary N) is 2. The van der Waals surface area contributed by atoms with Gasteiger partial charge in [-0.25, -0.2) is 4.98 Å². The first kappa shape index (κ1) is 26.4. The lowest BCUT2D eigenvalue weighted by Gasteiger charge is -2.15. The molecule has 0 unspecified atom stereocenters. The molecule has 2 aromatic carbocycles. The summed E-state index contributed by atoms with van der Waals surface area (Å²) < 4.78 is 0. The molecule has 182 valence electrons. The molecule has 8 nitrogen and oxygen atoms in total. The van der Waals surface area contributed by atoms with Gasteiger partial charge in [0.2, 0.25) is 5.91 Å². The summed E-state index contributed by atoms with van der Waals surface area (Å²) >= 11 is 1.27. The first-order valence-corrected chi connectivity index (χ1v) is 11.6. The normalized spacial score (nSPS) is 10.1. The maximum Gasteiger partial charge on any atom is 0.266 e. The van der Waals surface area contributed by atoms with Gasteiger partial charge in [-0.15, -0.1) is 23.7 Å². The molecule has 0 aliphatic rings. The highest BCUT2D eigenvalue weighted by Crippen LogP contribution is 2.36. The smallest absolute Gasteiger partial charge is 0.266 e. The first-order chi connectivity index (χ1) is 17.0. The Morgan fingerprint density at radius 3 is 2.53 bits per heavy atom. The van der Waals surface area contributed by atoms with Crippen LogP contribution < -0.4 is 16.4 Å². The van der Waals surface area contributed by atoms with Gasteiger partial charge in [0.05, 0.1) is 10.6 Å². The van der Waals surface area contributed by atoms with Gasteiger partial charge in [-0.3, -0.25) is 9.59 Å². The maximum atomic E-state index is 12.8. The average Bonchev–Trinajstić information content (AvgIpc) is 3.39. The van der Waals surface area contributed by atoms with E-state index in [2.05, 4.69) is 21.7 Å². The topological polar surface area (TPSA) is 141 Å². The number of thiophene rings is 1. The molecule has 4 aromatic rings. The molecule has 5 N–H and O–H groups in total. The van der Waals surface area contributed by atoms with Gasteiger partial charge in [0.25, 0.3) is 5.91 Å². The van der Waals surface area contributed by atoms with Gasteiger partial charge in [0.1, 0.15) is 17.4 Å². The minimum absolute atomic E-state index is 0. The summed E-state index contributed by atoms with van der Waals surface area (Å²) in [4.78, 5) is 29.8. The van der Waals surface area contributed by atoms with E-state index in [9.17, 15) is 20.0 Å². The fraction of sp³-hybridized carbons (Fsp3) is 0.0769. The zero-order valence-corrected chi connectivity index (χ0v) is 20.5. The van der Waals surface area contributed by atoms with Crippen molar-refractivity contribution in [3.05, 3.63) is 82.6 Å². The van der Waals surface area contributed by atoms with E-state index in [1.807, 2.05) is 0 Å². The summed E-state index contributed by atoms with van der Waals surface area (Å²) in [7, 11) is 0. The Bertz CT molecular complexity index is 1430. The number of hydrogen-bond donors (Lipinski definition) is 4. The number of anilines is 2. The quantitative estimate of drug-likeness (QED) is 0.270. The second-order valence-electron chi connectivity index (χ2n) is 7.51. The second-order valence-corrected chi connectivity index (χ2v) is 8.45. The Morgan fingerprint density at radius 2 is 1.83 bits per heavy atom. The number of halogens is 1. The maximum absolute atomic E-state index is 12.8. The summed E-state index contributed by atoms with van der Waals surface area (Å²) in [5, 5.41) is 27.8. The number of benzene rings is 2. The Morgan fingerprint density at radius 1 is 1.03 bits per heavy atom. The summed E-state index contributed by atoms with van der Waals surface area (Å²) in [6.07, 6.45) is 0.180. The third kappa shape index (κ3) is 5.87. The van der Waals surface area contributed by atoms with Gasteiger partial charge >= 0.3 is 0 Å². The van der Waals surface area contributed by atoms with Gasteiger partial charge in [0.15, 0.2) is 5.82 Å². The monoisotopic (exact) mass is 519 g/mol. The molecule has 2 heterocycles. The highest BCUT2D eigenvalue weighted by molar-refractivity contribution is 7.12. The molecule has 0 aliphatic heterocycles. The number of aromatic hydroxyl groups is 1. The van der Waals surface area contributed by atoms with Crippen molar-refractivity contribution in [1.82, 2.24) is 4.98 Å². The number of rotatable bonds is 7. The van der Waals surface area contributed by atoms with Crippen molar-refractivity contribution in [2.24, 2.45) is 5.73 Å². The van der Waals surface area contributed by atoms with Crippen LogP contribution in [0, 0.1) is 11.3 Å². The number of carbonyl (C=O) groups excluding carboxylic acids is 2. The van der Waals surface area contributed by atoms with Gasteiger partial charge in [0, 0.05) is 29.8 Å². The molecule has 0 radical (unpaired) electrons. The third-order valence-corrected chi connectivity index (χ3v) is 5.99. The van der Waals surface area contributed by atoms with Crippen LogP contribution in [0.4, 0.5) is 11.5 Å². The minimum atomic E-state index is -0.396. The summed E-state index contributed by atoms with van der Waals surface area (Å²) in [5.41, 5.74) is 8.07. The van der Waals surface area contributed by atoms with E-state index in [0.29, 0.717) is 32.9 Å². The van der Waals surface area contributed by atoms with Gasteiger partial charge in [-0.05, 0) is 47.3 Å². The first-order valence-electron chi connectivity index (χ1n) is 10.7. The Hall–Kier alpha value is -4.23. The van der Waals surface area contributed by atoms with Crippen LogP contribution in [-0.2, 0) is 4.79 Å². The lowest BCUT2D eigenvalue weighted by atomic mass is 9.97. The number of aromatic nitrogens is 1. The predicted molar refractivity (Wildman–Crippen MR) is 143 cm³/mol. The van der Waals surface area contributed by atoms with Crippen molar-refractivity contribution < 1.29 is 14.7 Å². The average molecular weight is 520 g/mol. The van der Waals surface area contributed by atoms with Gasteiger partial charge < -0.3 is 21.5 Å². The van der Waals surface area contributed by atoms with Gasteiger partial charge in [-0.2, -0.15) is 5.26 Å². The van der Waals surface area contributed by atoms with Crippen molar-refractivity contribution in [1.29, 1.82) is 5.26 Å². The van der Waals surface area contributed by atoms with E-state index in [1.165, 1.54) is 17.4 Å². The highest BCUT2D eigenvalue weighted by Gasteiger charge is 2.19. The fourth-order valence-electron chi connectivity index (χ4n) is 3.50. The number of hydrogen-bond acceptors (Lipinski definition) is 7. The van der Waals surface area contributed by atoms with E-state index in [0.717, 1.165) is 0 Å². The van der Waals surface area contributed by atoms with Crippen LogP contribution in [0.1, 0.15) is 21.7 Å². The number of para-hydroxylation sites is 1. The largest absolute Gasteiger partial charge is 0.507 e. The third-order valence-electron chi connectivity index (χ3n) is 5.12. The number of nitrogens with zero attached hydrogens (tertiary/aromatic N) is 2. The number of carbonyl (C=O) groups is 2. The minimum Gasteiger partial charge on any atom is -0.507 e. The number of phenols is 1. The molecule has 4 rings (SSSR count). The summed E-state index contributed by atoms with van der Waals surface area (Å²) in [5.74, 6) is -0.543. The fourth-order valence-corrected chi connectivity index (χ4v) is 4.12. The molecule has 0 aliphatic carbocycles. The van der Waals surface area contributed by atoms with Crippen molar-refractivity contribution in [2.45, 2.75) is 6.42 Å². The SMILES string of the molecule is Cl.N#Cc1c(-c2cccc(NC(=O)CCN)c2)cc(-c2ccccc2O)nc1NC(=O)c1cccs1. The molecule has 0 saturated heterocycles. The van der Waals surface area contributed by atoms with E-state index in [1.54, 1.807) is 66.0 Å². The molecule has 0 atom stereocenters. The molecule has 0 bridgehead atoms. The number of phenolic OH excluding ortho intramolecular Hbond substituents is 1. The number of nitrogens with two attached hydrogens (primary N) is 1. The molecular formula is C26H22ClN5O3S. The molecule has 0 spiro atoms. The van der Waals surface area contributed by atoms with Crippen LogP contribution in [-0.4, -0.2) is 28.4 Å². The molecule has 2 aromatic heterocycles. The van der Waals surface area contributed by atoms with Crippen molar-refractivity contribution in [3.8, 4) is 34.2 Å². The van der Waals surface area contributed by atoms with Crippen molar-refractivity contribution >= 4 is 47.1 Å². The molecule has 10 heteroatoms. The Balaban J connectivity index is 0.00000361. The zero-order chi connectivity index (χ0) is 24.8. The zero-order valence-electron chi connectivity index (χ0n) is 18.9. The van der Waals surface area contributed by atoms with E-state index < -0.39 is 5.91 Å². The van der Waals surface area contributed by atoms with Crippen LogP contribution >= 0.6 is 23.7 Å². The van der Waals surface area contributed by atoms with E-state index >= 15 is 0 Å². The molecular weight excluding hydrogens is 498 g/mol. The van der Waals surface area contributed by atoms with E-state index in [4.69, 9.17) is 5.73 Å². The van der Waals surface area contributed by atoms with Crippen LogP contribution in [0.25, 0.3) is 22.4 Å². The number of amides is 2. The van der Waals surface area contributed by atoms with Crippen molar-refractivity contribution in [3.63, 3.8) is 0 Å². The van der Waals surface area contributed by atoms with Crippen LogP contribution in [0.15, 0.2) is 72.1 Å². The molecule has 2 amide bonds. The van der Waals surface area contributed by atoms with Gasteiger partial charge in [-0.1, -0.05) is 30.3 Å². The number of pyridine rings is 1. The highest BCUT2D eigenvalue weighted by atomic mass is 35.5. The van der Waals surface area contributed by atoms with Crippen LogP contribution in [0.3, 0.4) is 0 Å². The Labute approximate surface area is 217 Å². The lowest BCUT2D eigenvalue weighted by molar-refractivity contribution is -0.116. The Kier molecular flexibility index (Phi) is 8.76. The molecule has 0 fully saturated rings. The molecule has 0 saturated carbocycles. The second kappa shape index (κ2) is 12.0. The van der Waals surface area contributed by atoms with E-state index in [-0.39, 0.29) is 48.4 Å². The molecule has 36 heavy (non-hydrogen) atoms. The number of nitriles is 1. The van der Waals surface area contributed by atoms with Crippen LogP contribution in [0.5, 0.6) is 5.75 Å².